The van der Waals surface area contributed by atoms with Gasteiger partial charge in [0.15, 0.2) is 8.32 Å². The Kier molecular flexibility index (Phi) is 5.20. The van der Waals surface area contributed by atoms with E-state index in [1.54, 1.807) is 0 Å². The van der Waals surface area contributed by atoms with Gasteiger partial charge in [0.25, 0.3) is 0 Å². The van der Waals surface area contributed by atoms with Crippen LogP contribution in [-0.2, 0) is 4.43 Å². The number of hydrogen-bond donors (Lipinski definition) is 0. The Balaban J connectivity index is 2.40. The third-order valence-electron chi connectivity index (χ3n) is 4.06. The zero-order valence-electron chi connectivity index (χ0n) is 12.1. The molecule has 2 heteroatoms. The fourth-order valence-corrected chi connectivity index (χ4v) is 4.50. The number of hydrogen-bond acceptors (Lipinski definition) is 1. The highest BCUT2D eigenvalue weighted by Gasteiger charge is 2.29. The van der Waals surface area contributed by atoms with Crippen LogP contribution >= 0.6 is 0 Å². The Bertz CT molecular complexity index is 293. The summed E-state index contributed by atoms with van der Waals surface area (Å²) in [7, 11) is -1.38. The molecule has 0 aliphatic heterocycles. The molecule has 0 aromatic carbocycles. The van der Waals surface area contributed by atoms with E-state index in [0.717, 1.165) is 6.61 Å². The van der Waals surface area contributed by atoms with Crippen molar-refractivity contribution in [3.05, 3.63) is 24.3 Å². The summed E-state index contributed by atoms with van der Waals surface area (Å²) < 4.78 is 5.89. The van der Waals surface area contributed by atoms with E-state index < -0.39 is 8.32 Å². The lowest BCUT2D eigenvalue weighted by molar-refractivity contribution is 0.288. The van der Waals surface area contributed by atoms with E-state index in [9.17, 15) is 0 Å². The van der Waals surface area contributed by atoms with E-state index in [2.05, 4.69) is 58.2 Å². The minimum Gasteiger partial charge on any atom is -0.418 e. The summed E-state index contributed by atoms with van der Waals surface area (Å²) >= 11 is 0. The van der Waals surface area contributed by atoms with Gasteiger partial charge in [-0.25, -0.2) is 0 Å². The predicted molar refractivity (Wildman–Crippen MR) is 78.7 cm³/mol. The fraction of sp³-hybridized carbons (Fsp3) is 0.733. The molecule has 0 bridgehead atoms. The van der Waals surface area contributed by atoms with Crippen molar-refractivity contribution < 1.29 is 4.43 Å². The molecule has 1 nitrogen and oxygen atoms in total. The molecule has 0 amide bonds. The first-order chi connectivity index (χ1) is 7.90. The van der Waals surface area contributed by atoms with Gasteiger partial charge in [0.2, 0.25) is 0 Å². The molecular formula is C15H28OSi. The van der Waals surface area contributed by atoms with Crippen LogP contribution in [0.1, 0.15) is 33.6 Å². The second kappa shape index (κ2) is 6.01. The van der Waals surface area contributed by atoms with Gasteiger partial charge in [-0.2, -0.15) is 0 Å². The van der Waals surface area contributed by atoms with E-state index in [1.807, 2.05) is 0 Å². The van der Waals surface area contributed by atoms with Crippen LogP contribution in [0.3, 0.4) is 0 Å². The molecule has 0 saturated heterocycles. The molecule has 2 unspecified atom stereocenters. The summed E-state index contributed by atoms with van der Waals surface area (Å²) in [6.07, 6.45) is 11.6. The summed E-state index contributed by atoms with van der Waals surface area (Å²) in [5.74, 6) is 0.657. The minimum absolute atomic E-state index is 0.353. The van der Waals surface area contributed by atoms with E-state index in [1.165, 1.54) is 18.9 Å². The molecule has 0 N–H and O–H groups in total. The molecule has 0 heterocycles. The average molecular weight is 252 g/mol. The van der Waals surface area contributed by atoms with Crippen LogP contribution < -0.4 is 0 Å². The molecule has 0 aromatic rings. The van der Waals surface area contributed by atoms with Gasteiger partial charge in [0.1, 0.15) is 0 Å². The van der Waals surface area contributed by atoms with Crippen molar-refractivity contribution in [2.45, 2.75) is 52.8 Å². The van der Waals surface area contributed by atoms with Crippen molar-refractivity contribution >= 4 is 8.32 Å². The molecule has 1 aliphatic rings. The standard InChI is InChI=1S/C15H28OSi/c1-6-16-17(4,5)13-9-12-15(3)11-8-7-10-14(15)2/h7-8,10-11,14H,6,9,12-13H2,1-5H3. The molecule has 0 spiro atoms. The topological polar surface area (TPSA) is 9.23 Å². The van der Waals surface area contributed by atoms with E-state index in [-0.39, 0.29) is 0 Å². The normalized spacial score (nSPS) is 28.6. The summed E-state index contributed by atoms with van der Waals surface area (Å²) in [4.78, 5) is 0. The number of rotatable bonds is 6. The SMILES string of the molecule is CCO[Si](C)(C)CCCC1(C)C=CC=CC1C. The summed E-state index contributed by atoms with van der Waals surface area (Å²) in [6, 6.07) is 1.28. The van der Waals surface area contributed by atoms with Gasteiger partial charge < -0.3 is 4.43 Å². The fourth-order valence-electron chi connectivity index (χ4n) is 2.55. The second-order valence-corrected chi connectivity index (χ2v) is 10.4. The third-order valence-corrected chi connectivity index (χ3v) is 6.69. The molecule has 17 heavy (non-hydrogen) atoms. The molecule has 0 fully saturated rings. The Labute approximate surface area is 108 Å². The zero-order valence-corrected chi connectivity index (χ0v) is 13.1. The van der Waals surface area contributed by atoms with Crippen LogP contribution in [0.5, 0.6) is 0 Å². The molecular weight excluding hydrogens is 224 g/mol. The zero-order chi connectivity index (χ0) is 12.9. The highest BCUT2D eigenvalue weighted by atomic mass is 28.4. The Morgan fingerprint density at radius 3 is 2.59 bits per heavy atom. The van der Waals surface area contributed by atoms with Gasteiger partial charge in [0, 0.05) is 6.61 Å². The van der Waals surface area contributed by atoms with Gasteiger partial charge >= 0.3 is 0 Å². The van der Waals surface area contributed by atoms with Crippen LogP contribution in [0.2, 0.25) is 19.1 Å². The summed E-state index contributed by atoms with van der Waals surface area (Å²) in [6.45, 7) is 12.3. The smallest absolute Gasteiger partial charge is 0.186 e. The third kappa shape index (κ3) is 4.44. The molecule has 0 aromatic heterocycles. The summed E-state index contributed by atoms with van der Waals surface area (Å²) in [5, 5.41) is 0. The molecule has 1 aliphatic carbocycles. The van der Waals surface area contributed by atoms with Crippen molar-refractivity contribution in [1.29, 1.82) is 0 Å². The Morgan fingerprint density at radius 1 is 1.29 bits per heavy atom. The molecule has 2 atom stereocenters. The highest BCUT2D eigenvalue weighted by Crippen LogP contribution is 2.38. The van der Waals surface area contributed by atoms with Gasteiger partial charge in [-0.1, -0.05) is 44.6 Å². The van der Waals surface area contributed by atoms with Crippen LogP contribution in [0.15, 0.2) is 24.3 Å². The van der Waals surface area contributed by atoms with E-state index in [4.69, 9.17) is 4.43 Å². The maximum absolute atomic E-state index is 5.89. The predicted octanol–water partition coefficient (Wildman–Crippen LogP) is 4.78. The van der Waals surface area contributed by atoms with Crippen molar-refractivity contribution in [2.75, 3.05) is 6.61 Å². The lowest BCUT2D eigenvalue weighted by atomic mass is 9.72. The Morgan fingerprint density at radius 2 is 2.00 bits per heavy atom. The van der Waals surface area contributed by atoms with Gasteiger partial charge in [-0.15, -0.1) is 0 Å². The lowest BCUT2D eigenvalue weighted by Gasteiger charge is -2.34. The van der Waals surface area contributed by atoms with Crippen LogP contribution in [-0.4, -0.2) is 14.9 Å². The first-order valence-corrected chi connectivity index (χ1v) is 10.0. The second-order valence-electron chi connectivity index (χ2n) is 6.08. The van der Waals surface area contributed by atoms with E-state index in [0.29, 0.717) is 11.3 Å². The summed E-state index contributed by atoms with van der Waals surface area (Å²) in [5.41, 5.74) is 0.353. The van der Waals surface area contributed by atoms with Gasteiger partial charge in [0.05, 0.1) is 0 Å². The molecule has 1 rings (SSSR count). The Hall–Kier alpha value is -0.343. The van der Waals surface area contributed by atoms with Crippen molar-refractivity contribution in [3.8, 4) is 0 Å². The van der Waals surface area contributed by atoms with E-state index >= 15 is 0 Å². The van der Waals surface area contributed by atoms with Crippen LogP contribution in [0.4, 0.5) is 0 Å². The first-order valence-electron chi connectivity index (χ1n) is 6.90. The average Bonchev–Trinajstić information content (AvgIpc) is 2.22. The number of allylic oxidation sites excluding steroid dienone is 4. The quantitative estimate of drug-likeness (QED) is 0.618. The lowest BCUT2D eigenvalue weighted by Crippen LogP contribution is -2.31. The highest BCUT2D eigenvalue weighted by molar-refractivity contribution is 6.71. The van der Waals surface area contributed by atoms with Crippen LogP contribution in [0, 0.1) is 11.3 Å². The largest absolute Gasteiger partial charge is 0.418 e. The maximum Gasteiger partial charge on any atom is 0.186 e. The van der Waals surface area contributed by atoms with Crippen molar-refractivity contribution in [1.82, 2.24) is 0 Å². The van der Waals surface area contributed by atoms with Gasteiger partial charge in [-0.3, -0.25) is 0 Å². The first kappa shape index (κ1) is 14.7. The van der Waals surface area contributed by atoms with Crippen LogP contribution in [0.25, 0.3) is 0 Å². The maximum atomic E-state index is 5.89. The molecule has 0 saturated carbocycles. The molecule has 0 radical (unpaired) electrons. The van der Waals surface area contributed by atoms with Crippen molar-refractivity contribution in [3.63, 3.8) is 0 Å². The molecule has 98 valence electrons. The van der Waals surface area contributed by atoms with Crippen molar-refractivity contribution in [2.24, 2.45) is 11.3 Å². The minimum atomic E-state index is -1.38. The van der Waals surface area contributed by atoms with Gasteiger partial charge in [-0.05, 0) is 43.8 Å². The monoisotopic (exact) mass is 252 g/mol.